The number of ketones is 1. The van der Waals surface area contributed by atoms with Gasteiger partial charge in [-0.05, 0) is 38.1 Å². The van der Waals surface area contributed by atoms with E-state index in [0.29, 0.717) is 16.4 Å². The van der Waals surface area contributed by atoms with E-state index in [1.54, 1.807) is 42.2 Å². The third kappa shape index (κ3) is 4.18. The van der Waals surface area contributed by atoms with Gasteiger partial charge >= 0.3 is 0 Å². The number of para-hydroxylation sites is 2. The van der Waals surface area contributed by atoms with E-state index in [2.05, 4.69) is 15.4 Å². The van der Waals surface area contributed by atoms with Gasteiger partial charge in [0.1, 0.15) is 6.33 Å². The van der Waals surface area contributed by atoms with Gasteiger partial charge < -0.3 is 5.32 Å². The minimum absolute atomic E-state index is 0.0931. The lowest BCUT2D eigenvalue weighted by atomic mass is 10.1. The van der Waals surface area contributed by atoms with Crippen LogP contribution < -0.4 is 5.32 Å². The van der Waals surface area contributed by atoms with E-state index < -0.39 is 5.25 Å². The van der Waals surface area contributed by atoms with E-state index in [-0.39, 0.29) is 11.7 Å². The summed E-state index contributed by atoms with van der Waals surface area (Å²) >= 11 is 1.26. The Morgan fingerprint density at radius 3 is 2.50 bits per heavy atom. The molecule has 0 spiro atoms. The van der Waals surface area contributed by atoms with E-state index in [1.807, 2.05) is 30.3 Å². The highest BCUT2D eigenvalue weighted by molar-refractivity contribution is 8.00. The number of hydrogen-bond donors (Lipinski definition) is 1. The molecule has 6 nitrogen and oxygen atoms in total. The zero-order chi connectivity index (χ0) is 18.5. The second kappa shape index (κ2) is 7.97. The molecule has 0 aliphatic rings. The molecule has 3 rings (SSSR count). The molecule has 0 aliphatic heterocycles. The number of aromatic nitrogens is 3. The minimum Gasteiger partial charge on any atom is -0.324 e. The summed E-state index contributed by atoms with van der Waals surface area (Å²) in [5.74, 6) is -0.302. The van der Waals surface area contributed by atoms with Gasteiger partial charge in [0.2, 0.25) is 11.1 Å². The lowest BCUT2D eigenvalue weighted by Gasteiger charge is -2.12. The van der Waals surface area contributed by atoms with Gasteiger partial charge in [0.05, 0.1) is 16.6 Å². The van der Waals surface area contributed by atoms with Crippen molar-refractivity contribution in [2.24, 2.45) is 0 Å². The van der Waals surface area contributed by atoms with Gasteiger partial charge in [0.15, 0.2) is 5.78 Å². The molecule has 1 atom stereocenters. The number of anilines is 1. The quantitative estimate of drug-likeness (QED) is 0.533. The van der Waals surface area contributed by atoms with Gasteiger partial charge in [-0.3, -0.25) is 9.59 Å². The Balaban J connectivity index is 1.67. The Morgan fingerprint density at radius 2 is 1.77 bits per heavy atom. The molecule has 0 saturated carbocycles. The van der Waals surface area contributed by atoms with Crippen LogP contribution in [0.2, 0.25) is 0 Å². The van der Waals surface area contributed by atoms with Crippen LogP contribution >= 0.6 is 11.8 Å². The first kappa shape index (κ1) is 17.9. The number of hydrogen-bond acceptors (Lipinski definition) is 5. The molecule has 1 unspecified atom stereocenters. The van der Waals surface area contributed by atoms with Crippen molar-refractivity contribution >= 4 is 29.1 Å². The number of Topliss-reactive ketones (excluding diaryl/α,β-unsaturated/α-hetero) is 1. The van der Waals surface area contributed by atoms with Crippen LogP contribution in [0, 0.1) is 0 Å². The van der Waals surface area contributed by atoms with Crippen LogP contribution in [0.5, 0.6) is 0 Å². The summed E-state index contributed by atoms with van der Waals surface area (Å²) in [7, 11) is 0. The van der Waals surface area contributed by atoms with Crippen LogP contribution in [-0.2, 0) is 4.79 Å². The number of carbonyl (C=O) groups is 2. The van der Waals surface area contributed by atoms with Crippen molar-refractivity contribution in [3.8, 4) is 5.69 Å². The summed E-state index contributed by atoms with van der Waals surface area (Å²) in [5.41, 5.74) is 1.91. The highest BCUT2D eigenvalue weighted by Gasteiger charge is 2.19. The summed E-state index contributed by atoms with van der Waals surface area (Å²) in [6.07, 6.45) is 1.62. The van der Waals surface area contributed by atoms with Crippen molar-refractivity contribution in [3.05, 3.63) is 66.5 Å². The smallest absolute Gasteiger partial charge is 0.237 e. The lowest BCUT2D eigenvalue weighted by Crippen LogP contribution is -2.23. The molecule has 1 N–H and O–H groups in total. The number of benzene rings is 2. The third-order valence-corrected chi connectivity index (χ3v) is 4.67. The average Bonchev–Trinajstić information content (AvgIpc) is 3.11. The predicted octanol–water partition coefficient (Wildman–Crippen LogP) is 3.59. The number of thioether (sulfide) groups is 1. The van der Waals surface area contributed by atoms with Crippen molar-refractivity contribution in [2.75, 3.05) is 5.32 Å². The number of amides is 1. The Labute approximate surface area is 155 Å². The van der Waals surface area contributed by atoms with Gasteiger partial charge in [-0.2, -0.15) is 0 Å². The van der Waals surface area contributed by atoms with Crippen molar-refractivity contribution in [2.45, 2.75) is 24.3 Å². The van der Waals surface area contributed by atoms with Gasteiger partial charge in [-0.25, -0.2) is 9.67 Å². The molecule has 2 aromatic carbocycles. The van der Waals surface area contributed by atoms with E-state index in [0.717, 1.165) is 5.69 Å². The number of rotatable bonds is 6. The SMILES string of the molecule is CC(=O)c1ccccc1NC(=O)C(C)Sc1ncn(-c2ccccc2)n1. The Morgan fingerprint density at radius 1 is 1.08 bits per heavy atom. The molecule has 7 heteroatoms. The summed E-state index contributed by atoms with van der Waals surface area (Å²) < 4.78 is 1.66. The first-order valence-electron chi connectivity index (χ1n) is 8.09. The minimum atomic E-state index is -0.415. The van der Waals surface area contributed by atoms with Crippen molar-refractivity contribution < 1.29 is 9.59 Å². The number of nitrogens with one attached hydrogen (secondary N) is 1. The number of nitrogens with zero attached hydrogens (tertiary/aromatic N) is 3. The molecular weight excluding hydrogens is 348 g/mol. The van der Waals surface area contributed by atoms with Crippen LogP contribution in [0.4, 0.5) is 5.69 Å². The summed E-state index contributed by atoms with van der Waals surface area (Å²) in [5, 5.41) is 7.29. The first-order chi connectivity index (χ1) is 12.5. The Hall–Kier alpha value is -2.93. The van der Waals surface area contributed by atoms with Crippen LogP contribution in [0.3, 0.4) is 0 Å². The molecule has 0 saturated heterocycles. The molecule has 1 aromatic heterocycles. The topological polar surface area (TPSA) is 76.9 Å². The van der Waals surface area contributed by atoms with Gasteiger partial charge in [-0.15, -0.1) is 5.10 Å². The largest absolute Gasteiger partial charge is 0.324 e. The molecule has 1 heterocycles. The predicted molar refractivity (Wildman–Crippen MR) is 102 cm³/mol. The third-order valence-electron chi connectivity index (χ3n) is 3.71. The van der Waals surface area contributed by atoms with Crippen LogP contribution in [0.15, 0.2) is 66.1 Å². The molecule has 0 bridgehead atoms. The fourth-order valence-corrected chi connectivity index (χ4v) is 3.08. The molecule has 0 fully saturated rings. The van der Waals surface area contributed by atoms with Gasteiger partial charge in [0.25, 0.3) is 0 Å². The fourth-order valence-electron chi connectivity index (χ4n) is 2.35. The molecule has 26 heavy (non-hydrogen) atoms. The Bertz CT molecular complexity index is 924. The molecule has 132 valence electrons. The lowest BCUT2D eigenvalue weighted by molar-refractivity contribution is -0.115. The zero-order valence-electron chi connectivity index (χ0n) is 14.4. The molecule has 1 amide bonds. The highest BCUT2D eigenvalue weighted by atomic mass is 32.2. The van der Waals surface area contributed by atoms with E-state index >= 15 is 0 Å². The molecule has 0 aliphatic carbocycles. The van der Waals surface area contributed by atoms with E-state index in [9.17, 15) is 9.59 Å². The van der Waals surface area contributed by atoms with E-state index in [1.165, 1.54) is 18.7 Å². The monoisotopic (exact) mass is 366 g/mol. The second-order valence-electron chi connectivity index (χ2n) is 5.66. The molecule has 3 aromatic rings. The Kier molecular flexibility index (Phi) is 5.48. The van der Waals surface area contributed by atoms with Crippen LogP contribution in [0.25, 0.3) is 5.69 Å². The van der Waals surface area contributed by atoms with Crippen LogP contribution in [-0.4, -0.2) is 31.7 Å². The van der Waals surface area contributed by atoms with Gasteiger partial charge in [0, 0.05) is 5.56 Å². The maximum absolute atomic E-state index is 12.5. The first-order valence-corrected chi connectivity index (χ1v) is 8.97. The zero-order valence-corrected chi connectivity index (χ0v) is 15.2. The van der Waals surface area contributed by atoms with E-state index in [4.69, 9.17) is 0 Å². The maximum Gasteiger partial charge on any atom is 0.237 e. The number of carbonyl (C=O) groups excluding carboxylic acids is 2. The summed E-state index contributed by atoms with van der Waals surface area (Å²) in [6.45, 7) is 3.25. The second-order valence-corrected chi connectivity index (χ2v) is 6.97. The summed E-state index contributed by atoms with van der Waals surface area (Å²) in [4.78, 5) is 28.4. The van der Waals surface area contributed by atoms with Crippen molar-refractivity contribution in [3.63, 3.8) is 0 Å². The van der Waals surface area contributed by atoms with Crippen molar-refractivity contribution in [1.29, 1.82) is 0 Å². The standard InChI is InChI=1S/C19H18N4O2S/c1-13(24)16-10-6-7-11-17(16)21-18(25)14(2)26-19-20-12-23(22-19)15-8-4-3-5-9-15/h3-12,14H,1-2H3,(H,21,25). The fraction of sp³-hybridized carbons (Fsp3) is 0.158. The highest BCUT2D eigenvalue weighted by Crippen LogP contribution is 2.22. The maximum atomic E-state index is 12.5. The average molecular weight is 366 g/mol. The van der Waals surface area contributed by atoms with Crippen molar-refractivity contribution in [1.82, 2.24) is 14.8 Å². The van der Waals surface area contributed by atoms with Gasteiger partial charge in [-0.1, -0.05) is 42.1 Å². The van der Waals surface area contributed by atoms with Crippen LogP contribution in [0.1, 0.15) is 24.2 Å². The molecular formula is C19H18N4O2S. The summed E-state index contributed by atoms with van der Waals surface area (Å²) in [6, 6.07) is 16.6. The normalized spacial score (nSPS) is 11.8. The molecule has 0 radical (unpaired) electrons.